The zero-order valence-electron chi connectivity index (χ0n) is 15.0. The zero-order valence-corrected chi connectivity index (χ0v) is 15.0. The fourth-order valence-corrected chi connectivity index (χ4v) is 3.44. The summed E-state index contributed by atoms with van der Waals surface area (Å²) in [5.74, 6) is 0.617. The quantitative estimate of drug-likeness (QED) is 0.835. The van der Waals surface area contributed by atoms with Gasteiger partial charge in [-0.25, -0.2) is 0 Å². The van der Waals surface area contributed by atoms with E-state index < -0.39 is 0 Å². The molecule has 0 aromatic heterocycles. The summed E-state index contributed by atoms with van der Waals surface area (Å²) in [5.41, 5.74) is 1.38. The summed E-state index contributed by atoms with van der Waals surface area (Å²) in [4.78, 5) is 26.0. The molecule has 0 aliphatic carbocycles. The molecule has 2 rings (SSSR count). The molecule has 1 unspecified atom stereocenters. The van der Waals surface area contributed by atoms with Crippen LogP contribution in [0.4, 0.5) is 0 Å². The van der Waals surface area contributed by atoms with E-state index in [0.717, 1.165) is 51.6 Å². The van der Waals surface area contributed by atoms with Gasteiger partial charge in [0.2, 0.25) is 11.8 Å². The minimum atomic E-state index is -0.354. The molecule has 1 saturated heterocycles. The van der Waals surface area contributed by atoms with E-state index >= 15 is 0 Å². The Morgan fingerprint density at radius 3 is 2.46 bits per heavy atom. The van der Waals surface area contributed by atoms with Crippen LogP contribution in [-0.2, 0) is 16.0 Å². The van der Waals surface area contributed by atoms with Crippen molar-refractivity contribution in [1.82, 2.24) is 10.2 Å². The number of nitrogens with one attached hydrogen (secondary N) is 1. The molecule has 1 aromatic carbocycles. The average molecular weight is 330 g/mol. The van der Waals surface area contributed by atoms with Crippen LogP contribution in [-0.4, -0.2) is 35.8 Å². The summed E-state index contributed by atoms with van der Waals surface area (Å²) in [6.45, 7) is 5.19. The van der Waals surface area contributed by atoms with E-state index in [0.29, 0.717) is 5.92 Å². The van der Waals surface area contributed by atoms with Gasteiger partial charge in [0.25, 0.3) is 0 Å². The third kappa shape index (κ3) is 5.66. The molecular formula is C20H30N2O2. The first-order valence-corrected chi connectivity index (χ1v) is 9.20. The van der Waals surface area contributed by atoms with E-state index in [1.165, 1.54) is 12.5 Å². The first-order valence-electron chi connectivity index (χ1n) is 9.20. The lowest BCUT2D eigenvalue weighted by atomic mass is 9.90. The number of nitrogens with zero attached hydrogens (tertiary/aromatic N) is 1. The molecule has 4 heteroatoms. The smallest absolute Gasteiger partial charge is 0.245 e. The lowest BCUT2D eigenvalue weighted by Crippen LogP contribution is -2.50. The van der Waals surface area contributed by atoms with Crippen LogP contribution in [0.15, 0.2) is 30.3 Å². The highest BCUT2D eigenvalue weighted by Crippen LogP contribution is 2.22. The first kappa shape index (κ1) is 18.5. The molecule has 4 nitrogen and oxygen atoms in total. The van der Waals surface area contributed by atoms with Gasteiger partial charge in [0.1, 0.15) is 6.04 Å². The van der Waals surface area contributed by atoms with Crippen molar-refractivity contribution in [3.8, 4) is 0 Å². The van der Waals surface area contributed by atoms with Gasteiger partial charge in [-0.3, -0.25) is 9.59 Å². The van der Waals surface area contributed by atoms with Gasteiger partial charge in [0.15, 0.2) is 0 Å². The maximum Gasteiger partial charge on any atom is 0.245 e. The van der Waals surface area contributed by atoms with E-state index in [9.17, 15) is 9.59 Å². The Balaban J connectivity index is 1.85. The third-order valence-corrected chi connectivity index (χ3v) is 4.82. The van der Waals surface area contributed by atoms with Crippen LogP contribution in [0.3, 0.4) is 0 Å². The highest BCUT2D eigenvalue weighted by atomic mass is 16.2. The number of amides is 2. The van der Waals surface area contributed by atoms with Crippen LogP contribution in [0.2, 0.25) is 0 Å². The van der Waals surface area contributed by atoms with Gasteiger partial charge in [-0.1, -0.05) is 50.1 Å². The van der Waals surface area contributed by atoms with Crippen molar-refractivity contribution in [2.24, 2.45) is 5.92 Å². The highest BCUT2D eigenvalue weighted by molar-refractivity contribution is 5.86. The van der Waals surface area contributed by atoms with Crippen LogP contribution in [0, 0.1) is 5.92 Å². The lowest BCUT2D eigenvalue weighted by Gasteiger charge is -2.34. The van der Waals surface area contributed by atoms with E-state index in [1.807, 2.05) is 11.0 Å². The number of hydrogen-bond donors (Lipinski definition) is 1. The molecule has 1 aromatic rings. The lowest BCUT2D eigenvalue weighted by molar-refractivity contribution is -0.137. The summed E-state index contributed by atoms with van der Waals surface area (Å²) in [6.07, 6.45) is 5.90. The topological polar surface area (TPSA) is 49.4 Å². The second-order valence-electron chi connectivity index (χ2n) is 6.85. The summed E-state index contributed by atoms with van der Waals surface area (Å²) in [5, 5.41) is 2.83. The Morgan fingerprint density at radius 2 is 1.88 bits per heavy atom. The maximum absolute atomic E-state index is 12.7. The largest absolute Gasteiger partial charge is 0.345 e. The SMILES string of the molecule is CCCCC(NC(C)=O)C(=O)N1CCC(Cc2ccccc2)CC1. The molecule has 1 aliphatic heterocycles. The molecule has 1 aliphatic rings. The first-order chi connectivity index (χ1) is 11.6. The van der Waals surface area contributed by atoms with E-state index in [4.69, 9.17) is 0 Å². The van der Waals surface area contributed by atoms with Crippen molar-refractivity contribution >= 4 is 11.8 Å². The Morgan fingerprint density at radius 1 is 1.21 bits per heavy atom. The molecule has 1 heterocycles. The van der Waals surface area contributed by atoms with Crippen molar-refractivity contribution in [2.75, 3.05) is 13.1 Å². The fraction of sp³-hybridized carbons (Fsp3) is 0.600. The summed E-state index contributed by atoms with van der Waals surface area (Å²) < 4.78 is 0. The highest BCUT2D eigenvalue weighted by Gasteiger charge is 2.28. The number of likely N-dealkylation sites (tertiary alicyclic amines) is 1. The van der Waals surface area contributed by atoms with Gasteiger partial charge >= 0.3 is 0 Å². The number of carbonyl (C=O) groups excluding carboxylic acids is 2. The van der Waals surface area contributed by atoms with Crippen LogP contribution >= 0.6 is 0 Å². The number of piperidine rings is 1. The molecule has 0 spiro atoms. The van der Waals surface area contributed by atoms with Gasteiger partial charge in [0.05, 0.1) is 0 Å². The Hall–Kier alpha value is -1.84. The normalized spacial score (nSPS) is 16.7. The standard InChI is InChI=1S/C20H30N2O2/c1-3-4-10-19(21-16(2)23)20(24)22-13-11-18(12-14-22)15-17-8-6-5-7-9-17/h5-9,18-19H,3-4,10-15H2,1-2H3,(H,21,23). The maximum atomic E-state index is 12.7. The molecular weight excluding hydrogens is 300 g/mol. The van der Waals surface area contributed by atoms with Crippen molar-refractivity contribution in [3.05, 3.63) is 35.9 Å². The van der Waals surface area contributed by atoms with Crippen molar-refractivity contribution in [1.29, 1.82) is 0 Å². The average Bonchev–Trinajstić information content (AvgIpc) is 2.59. The monoisotopic (exact) mass is 330 g/mol. The Bertz CT molecular complexity index is 522. The molecule has 1 N–H and O–H groups in total. The number of rotatable bonds is 7. The zero-order chi connectivity index (χ0) is 17.4. The van der Waals surface area contributed by atoms with Gasteiger partial charge in [-0.15, -0.1) is 0 Å². The molecule has 132 valence electrons. The Kier molecular flexibility index (Phi) is 7.29. The van der Waals surface area contributed by atoms with E-state index in [-0.39, 0.29) is 17.9 Å². The molecule has 0 saturated carbocycles. The molecule has 1 atom stereocenters. The Labute approximate surface area is 145 Å². The molecule has 24 heavy (non-hydrogen) atoms. The number of unbranched alkanes of at least 4 members (excludes halogenated alkanes) is 1. The van der Waals surface area contributed by atoms with E-state index in [2.05, 4.69) is 36.5 Å². The van der Waals surface area contributed by atoms with E-state index in [1.54, 1.807) is 0 Å². The van der Waals surface area contributed by atoms with Crippen molar-refractivity contribution < 1.29 is 9.59 Å². The second-order valence-corrected chi connectivity index (χ2v) is 6.85. The summed E-state index contributed by atoms with van der Waals surface area (Å²) in [6, 6.07) is 10.2. The van der Waals surface area contributed by atoms with Crippen molar-refractivity contribution in [2.45, 2.75) is 58.4 Å². The molecule has 1 fully saturated rings. The van der Waals surface area contributed by atoms with Gasteiger partial charge in [-0.2, -0.15) is 0 Å². The van der Waals surface area contributed by atoms with Crippen LogP contribution in [0.25, 0.3) is 0 Å². The van der Waals surface area contributed by atoms with Crippen LogP contribution in [0.5, 0.6) is 0 Å². The molecule has 0 radical (unpaired) electrons. The number of carbonyl (C=O) groups is 2. The number of benzene rings is 1. The van der Waals surface area contributed by atoms with Gasteiger partial charge in [-0.05, 0) is 37.2 Å². The second kappa shape index (κ2) is 9.45. The predicted octanol–water partition coefficient (Wildman–Crippen LogP) is 3.16. The third-order valence-electron chi connectivity index (χ3n) is 4.82. The van der Waals surface area contributed by atoms with Crippen molar-refractivity contribution in [3.63, 3.8) is 0 Å². The molecule has 2 amide bonds. The van der Waals surface area contributed by atoms with Gasteiger partial charge in [0, 0.05) is 20.0 Å². The minimum Gasteiger partial charge on any atom is -0.345 e. The predicted molar refractivity (Wildman–Crippen MR) is 96.6 cm³/mol. The van der Waals surface area contributed by atoms with Crippen LogP contribution < -0.4 is 5.32 Å². The fourth-order valence-electron chi connectivity index (χ4n) is 3.44. The molecule has 0 bridgehead atoms. The van der Waals surface area contributed by atoms with Gasteiger partial charge < -0.3 is 10.2 Å². The minimum absolute atomic E-state index is 0.0943. The summed E-state index contributed by atoms with van der Waals surface area (Å²) in [7, 11) is 0. The summed E-state index contributed by atoms with van der Waals surface area (Å²) >= 11 is 0. The van der Waals surface area contributed by atoms with Crippen LogP contribution in [0.1, 0.15) is 51.5 Å². The number of hydrogen-bond acceptors (Lipinski definition) is 2.